The summed E-state index contributed by atoms with van der Waals surface area (Å²) in [5.74, 6) is -0.297. The maximum absolute atomic E-state index is 12.6. The minimum Gasteiger partial charge on any atom is -0.482 e. The molecule has 1 aliphatic carbocycles. The van der Waals surface area contributed by atoms with Crippen LogP contribution in [0.4, 0.5) is 5.69 Å². The summed E-state index contributed by atoms with van der Waals surface area (Å²) in [7, 11) is -2.03. The molecule has 1 aliphatic rings. The molecule has 1 fully saturated rings. The van der Waals surface area contributed by atoms with E-state index < -0.39 is 21.2 Å². The summed E-state index contributed by atoms with van der Waals surface area (Å²) in [6, 6.07) is 6.69. The number of carbonyl (C=O) groups excluding carboxylic acids is 2. The van der Waals surface area contributed by atoms with Gasteiger partial charge in [-0.2, -0.15) is 0 Å². The number of methoxy groups -OCH3 is 1. The molecule has 0 saturated heterocycles. The number of nitrogens with one attached hydrogen (secondary N) is 2. The quantitative estimate of drug-likeness (QED) is 0.587. The van der Waals surface area contributed by atoms with Crippen LogP contribution in [0.3, 0.4) is 0 Å². The average Bonchev–Trinajstić information content (AvgIpc) is 2.71. The molecule has 1 aromatic carbocycles. The Balaban J connectivity index is 1.85. The van der Waals surface area contributed by atoms with E-state index in [0.717, 1.165) is 0 Å². The largest absolute Gasteiger partial charge is 0.482 e. The number of esters is 1. The topological polar surface area (TPSA) is 111 Å². The number of ether oxygens (including phenoxy) is 2. The molecule has 8 nitrogen and oxygen atoms in total. The third kappa shape index (κ3) is 7.01. The second kappa shape index (κ2) is 10.6. The second-order valence-electron chi connectivity index (χ2n) is 7.31. The molecule has 0 heterocycles. The zero-order valence-corrected chi connectivity index (χ0v) is 18.0. The molecule has 2 N–H and O–H groups in total. The summed E-state index contributed by atoms with van der Waals surface area (Å²) >= 11 is 0. The molecule has 162 valence electrons. The van der Waals surface area contributed by atoms with Crippen LogP contribution in [0, 0.1) is 5.92 Å². The van der Waals surface area contributed by atoms with Crippen molar-refractivity contribution in [2.24, 2.45) is 5.92 Å². The normalized spacial score (nSPS) is 20.5. The van der Waals surface area contributed by atoms with Crippen molar-refractivity contribution in [3.05, 3.63) is 24.3 Å². The lowest BCUT2D eigenvalue weighted by Gasteiger charge is -2.29. The molecule has 1 aromatic rings. The van der Waals surface area contributed by atoms with Gasteiger partial charge in [0, 0.05) is 23.7 Å². The number of benzene rings is 1. The van der Waals surface area contributed by atoms with Crippen LogP contribution in [-0.2, 0) is 24.3 Å². The molecule has 1 atom stereocenters. The molecule has 0 bridgehead atoms. The van der Waals surface area contributed by atoms with E-state index in [-0.39, 0.29) is 24.5 Å². The molecule has 9 heteroatoms. The van der Waals surface area contributed by atoms with Gasteiger partial charge in [-0.15, -0.1) is 0 Å². The van der Waals surface area contributed by atoms with E-state index >= 15 is 0 Å². The second-order valence-corrected chi connectivity index (χ2v) is 9.44. The van der Waals surface area contributed by atoms with Crippen LogP contribution >= 0.6 is 0 Å². The van der Waals surface area contributed by atoms with E-state index in [9.17, 15) is 18.0 Å². The van der Waals surface area contributed by atoms with Gasteiger partial charge in [0.15, 0.2) is 6.61 Å². The lowest BCUT2D eigenvalue weighted by molar-refractivity contribution is -0.142. The maximum Gasteiger partial charge on any atom is 0.343 e. The predicted octanol–water partition coefficient (Wildman–Crippen LogP) is 2.45. The number of carbonyl (C=O) groups is 2. The fraction of sp³-hybridized carbons (Fsp3) is 0.600. The molecule has 1 saturated carbocycles. The van der Waals surface area contributed by atoms with Crippen LogP contribution in [0.1, 0.15) is 46.0 Å². The molecule has 1 amide bonds. The summed E-state index contributed by atoms with van der Waals surface area (Å²) in [5.41, 5.74) is 0.581. The first kappa shape index (κ1) is 23.2. The van der Waals surface area contributed by atoms with Gasteiger partial charge in [-0.3, -0.25) is 4.79 Å². The Labute approximate surface area is 172 Å². The lowest BCUT2D eigenvalue weighted by atomic mass is 9.86. The van der Waals surface area contributed by atoms with Crippen LogP contribution in [0.25, 0.3) is 0 Å². The van der Waals surface area contributed by atoms with Crippen LogP contribution in [0.15, 0.2) is 24.3 Å². The van der Waals surface area contributed by atoms with Crippen molar-refractivity contribution in [1.82, 2.24) is 4.72 Å². The molecular weight excluding hydrogens is 396 g/mol. The van der Waals surface area contributed by atoms with Gasteiger partial charge in [-0.05, 0) is 51.2 Å². The molecule has 0 radical (unpaired) electrons. The Morgan fingerprint density at radius 2 is 1.90 bits per heavy atom. The Hall–Kier alpha value is -2.13. The first-order valence-corrected chi connectivity index (χ1v) is 11.4. The zero-order chi connectivity index (χ0) is 21.4. The fourth-order valence-electron chi connectivity index (χ4n) is 3.15. The van der Waals surface area contributed by atoms with Gasteiger partial charge in [-0.25, -0.2) is 17.9 Å². The third-order valence-electron chi connectivity index (χ3n) is 5.22. The summed E-state index contributed by atoms with van der Waals surface area (Å²) < 4.78 is 37.0. The van der Waals surface area contributed by atoms with Gasteiger partial charge in [0.2, 0.25) is 15.9 Å². The first-order valence-electron chi connectivity index (χ1n) is 9.86. The molecule has 1 unspecified atom stereocenters. The summed E-state index contributed by atoms with van der Waals surface area (Å²) in [5, 5.41) is 2.45. The summed E-state index contributed by atoms with van der Waals surface area (Å²) in [6.07, 6.45) is 3.08. The average molecular weight is 427 g/mol. The first-order chi connectivity index (χ1) is 13.7. The van der Waals surface area contributed by atoms with Crippen LogP contribution in [0.2, 0.25) is 0 Å². The Morgan fingerprint density at radius 3 is 2.52 bits per heavy atom. The third-order valence-corrected chi connectivity index (χ3v) is 7.27. The van der Waals surface area contributed by atoms with Crippen molar-refractivity contribution < 1.29 is 27.5 Å². The van der Waals surface area contributed by atoms with Crippen LogP contribution in [-0.4, -0.2) is 45.3 Å². The van der Waals surface area contributed by atoms with Gasteiger partial charge in [0.1, 0.15) is 5.75 Å². The lowest BCUT2D eigenvalue weighted by Crippen LogP contribution is -2.42. The Bertz CT molecular complexity index is 803. The van der Waals surface area contributed by atoms with Crippen molar-refractivity contribution >= 4 is 27.6 Å². The number of hydrogen-bond donors (Lipinski definition) is 2. The van der Waals surface area contributed by atoms with Gasteiger partial charge < -0.3 is 14.8 Å². The summed E-state index contributed by atoms with van der Waals surface area (Å²) in [4.78, 5) is 23.7. The van der Waals surface area contributed by atoms with E-state index in [1.165, 1.54) is 7.11 Å². The highest BCUT2D eigenvalue weighted by molar-refractivity contribution is 7.90. The molecular formula is C20H30N2O6S. The molecule has 29 heavy (non-hydrogen) atoms. The van der Waals surface area contributed by atoms with E-state index in [4.69, 9.17) is 4.74 Å². The Kier molecular flexibility index (Phi) is 8.45. The van der Waals surface area contributed by atoms with Crippen LogP contribution in [0.5, 0.6) is 5.75 Å². The number of amides is 1. The minimum atomic E-state index is -3.31. The monoisotopic (exact) mass is 426 g/mol. The van der Waals surface area contributed by atoms with Gasteiger partial charge in [-0.1, -0.05) is 13.0 Å². The highest BCUT2D eigenvalue weighted by Gasteiger charge is 2.30. The zero-order valence-electron chi connectivity index (χ0n) is 17.1. The molecule has 0 aliphatic heterocycles. The standard InChI is InChI=1S/C20H30N2O6S/c1-4-14(2)29(25,26)22-16-10-8-15(9-11-16)20(24)21-17-6-5-7-18(12-17)28-13-19(23)27-3/h5-7,12,14-16,22H,4,8-11,13H2,1-3H3,(H,21,24). The maximum atomic E-state index is 12.6. The number of rotatable bonds is 9. The van der Waals surface area contributed by atoms with Gasteiger partial charge in [0.05, 0.1) is 12.4 Å². The smallest absolute Gasteiger partial charge is 0.343 e. The van der Waals surface area contributed by atoms with Gasteiger partial charge >= 0.3 is 5.97 Å². The number of anilines is 1. The van der Waals surface area contributed by atoms with E-state index in [2.05, 4.69) is 14.8 Å². The van der Waals surface area contributed by atoms with Crippen molar-refractivity contribution in [3.8, 4) is 5.75 Å². The number of sulfonamides is 1. The van der Waals surface area contributed by atoms with E-state index in [1.807, 2.05) is 6.92 Å². The Morgan fingerprint density at radius 1 is 1.21 bits per heavy atom. The SMILES string of the molecule is CCC(C)S(=O)(=O)NC1CCC(C(=O)Nc2cccc(OCC(=O)OC)c2)CC1. The highest BCUT2D eigenvalue weighted by Crippen LogP contribution is 2.27. The highest BCUT2D eigenvalue weighted by atomic mass is 32.2. The van der Waals surface area contributed by atoms with Crippen molar-refractivity contribution in [3.63, 3.8) is 0 Å². The molecule has 0 spiro atoms. The van der Waals surface area contributed by atoms with E-state index in [0.29, 0.717) is 43.5 Å². The molecule has 0 aromatic heterocycles. The van der Waals surface area contributed by atoms with Gasteiger partial charge in [0.25, 0.3) is 0 Å². The van der Waals surface area contributed by atoms with Crippen LogP contribution < -0.4 is 14.8 Å². The van der Waals surface area contributed by atoms with Crippen molar-refractivity contribution in [2.75, 3.05) is 19.0 Å². The predicted molar refractivity (Wildman–Crippen MR) is 110 cm³/mol. The van der Waals surface area contributed by atoms with Crippen molar-refractivity contribution in [1.29, 1.82) is 0 Å². The number of hydrogen-bond acceptors (Lipinski definition) is 6. The van der Waals surface area contributed by atoms with Crippen molar-refractivity contribution in [2.45, 2.75) is 57.2 Å². The molecule has 2 rings (SSSR count). The summed E-state index contributed by atoms with van der Waals surface area (Å²) in [6.45, 7) is 3.34. The fourth-order valence-corrected chi connectivity index (χ4v) is 4.52. The minimum absolute atomic E-state index is 0.0987. The van der Waals surface area contributed by atoms with E-state index in [1.54, 1.807) is 31.2 Å².